The van der Waals surface area contributed by atoms with Crippen LogP contribution in [0, 0.1) is 0 Å². The molecule has 0 bridgehead atoms. The lowest BCUT2D eigenvalue weighted by Crippen LogP contribution is -2.31. The fourth-order valence-electron chi connectivity index (χ4n) is 4.68. The Hall–Kier alpha value is -4.16. The number of ether oxygens (including phenoxy) is 2. The van der Waals surface area contributed by atoms with E-state index in [0.29, 0.717) is 47.7 Å². The first-order valence-corrected chi connectivity index (χ1v) is 12.0. The predicted octanol–water partition coefficient (Wildman–Crippen LogP) is 5.90. The Balaban J connectivity index is 1.55. The predicted molar refractivity (Wildman–Crippen MR) is 141 cm³/mol. The van der Waals surface area contributed by atoms with E-state index >= 15 is 0 Å². The second kappa shape index (κ2) is 10.2. The summed E-state index contributed by atoms with van der Waals surface area (Å²) in [7, 11) is 1.63. The molecule has 2 heterocycles. The van der Waals surface area contributed by atoms with Crippen molar-refractivity contribution >= 4 is 28.5 Å². The van der Waals surface area contributed by atoms with Crippen LogP contribution >= 0.6 is 0 Å². The molecule has 0 saturated carbocycles. The van der Waals surface area contributed by atoms with E-state index in [4.69, 9.17) is 14.5 Å². The highest BCUT2D eigenvalue weighted by Crippen LogP contribution is 2.35. The smallest absolute Gasteiger partial charge is 0.336 e. The van der Waals surface area contributed by atoms with Crippen LogP contribution in [-0.4, -0.2) is 41.2 Å². The third kappa shape index (κ3) is 4.68. The van der Waals surface area contributed by atoms with E-state index in [2.05, 4.69) is 17.9 Å². The summed E-state index contributed by atoms with van der Waals surface area (Å²) in [6.07, 6.45) is 2.07. The minimum atomic E-state index is -0.927. The molecule has 0 atom stereocenters. The largest absolute Gasteiger partial charge is 0.493 e. The van der Waals surface area contributed by atoms with E-state index in [0.717, 1.165) is 34.5 Å². The van der Waals surface area contributed by atoms with E-state index < -0.39 is 5.97 Å². The van der Waals surface area contributed by atoms with Gasteiger partial charge in [0.05, 0.1) is 23.9 Å². The molecule has 182 valence electrons. The Kier molecular flexibility index (Phi) is 6.69. The van der Waals surface area contributed by atoms with Gasteiger partial charge in [-0.1, -0.05) is 61.5 Å². The SMILES string of the molecule is CCN1C/C(=C/c2ccc(OCc3ccccc3)c(OC)c2)c2nc3ccccc3c(C(=O)O)c2C1. The zero-order valence-corrected chi connectivity index (χ0v) is 20.4. The number of methoxy groups -OCH3 is 1. The molecule has 0 amide bonds. The summed E-state index contributed by atoms with van der Waals surface area (Å²) in [6.45, 7) is 4.57. The lowest BCUT2D eigenvalue weighted by Gasteiger charge is -2.30. The first kappa shape index (κ1) is 23.6. The second-order valence-corrected chi connectivity index (χ2v) is 8.79. The van der Waals surface area contributed by atoms with Gasteiger partial charge in [-0.25, -0.2) is 9.78 Å². The van der Waals surface area contributed by atoms with Crippen LogP contribution in [0.15, 0.2) is 72.8 Å². The highest BCUT2D eigenvalue weighted by Gasteiger charge is 2.28. The summed E-state index contributed by atoms with van der Waals surface area (Å²) in [5.74, 6) is 0.380. The Labute approximate surface area is 210 Å². The van der Waals surface area contributed by atoms with Gasteiger partial charge in [0.15, 0.2) is 11.5 Å². The standard InChI is InChI=1S/C30H28N2O4/c1-3-32-17-22(29-24(18-32)28(30(33)34)23-11-7-8-12-25(23)31-29)15-21-13-14-26(27(16-21)35-2)36-19-20-9-5-4-6-10-20/h4-16H,3,17-19H2,1-2H3,(H,33,34)/b22-15-. The lowest BCUT2D eigenvalue weighted by atomic mass is 9.92. The Bertz CT molecular complexity index is 1450. The lowest BCUT2D eigenvalue weighted by molar-refractivity contribution is 0.0696. The number of carbonyl (C=O) groups is 1. The van der Waals surface area contributed by atoms with Crippen molar-refractivity contribution in [1.29, 1.82) is 0 Å². The third-order valence-electron chi connectivity index (χ3n) is 6.50. The highest BCUT2D eigenvalue weighted by molar-refractivity contribution is 6.06. The van der Waals surface area contributed by atoms with Crippen molar-refractivity contribution < 1.29 is 19.4 Å². The van der Waals surface area contributed by atoms with E-state index in [1.54, 1.807) is 7.11 Å². The summed E-state index contributed by atoms with van der Waals surface area (Å²) in [6, 6.07) is 23.3. The molecule has 4 aromatic rings. The van der Waals surface area contributed by atoms with E-state index in [1.165, 1.54) is 0 Å². The highest BCUT2D eigenvalue weighted by atomic mass is 16.5. The summed E-state index contributed by atoms with van der Waals surface area (Å²) in [5.41, 5.74) is 5.52. The topological polar surface area (TPSA) is 71.9 Å². The molecule has 3 aromatic carbocycles. The van der Waals surface area contributed by atoms with E-state index in [-0.39, 0.29) is 0 Å². The fourth-order valence-corrected chi connectivity index (χ4v) is 4.68. The van der Waals surface area contributed by atoms with Gasteiger partial charge in [-0.15, -0.1) is 0 Å². The van der Waals surface area contributed by atoms with Crippen molar-refractivity contribution in [2.45, 2.75) is 20.1 Å². The number of aromatic carboxylic acids is 1. The minimum Gasteiger partial charge on any atom is -0.493 e. The van der Waals surface area contributed by atoms with Crippen molar-refractivity contribution in [1.82, 2.24) is 9.88 Å². The van der Waals surface area contributed by atoms with Gasteiger partial charge < -0.3 is 14.6 Å². The Morgan fingerprint density at radius 3 is 2.56 bits per heavy atom. The van der Waals surface area contributed by atoms with Crippen LogP contribution in [0.2, 0.25) is 0 Å². The molecular weight excluding hydrogens is 452 g/mol. The molecule has 0 fully saturated rings. The number of fused-ring (bicyclic) bond motifs is 2. The Morgan fingerprint density at radius 1 is 1.03 bits per heavy atom. The van der Waals surface area contributed by atoms with Gasteiger partial charge in [-0.3, -0.25) is 4.90 Å². The molecule has 0 radical (unpaired) electrons. The molecule has 36 heavy (non-hydrogen) atoms. The summed E-state index contributed by atoms with van der Waals surface area (Å²) in [4.78, 5) is 19.5. The number of nitrogens with zero attached hydrogens (tertiary/aromatic N) is 2. The molecule has 1 aliphatic heterocycles. The van der Waals surface area contributed by atoms with Gasteiger partial charge in [0.1, 0.15) is 6.61 Å². The molecule has 0 aliphatic carbocycles. The number of carboxylic acids is 1. The van der Waals surface area contributed by atoms with Crippen molar-refractivity contribution in [3.05, 3.63) is 101 Å². The Morgan fingerprint density at radius 2 is 1.81 bits per heavy atom. The molecule has 6 heteroatoms. The number of carboxylic acid groups (broad SMARTS) is 1. The number of hydrogen-bond donors (Lipinski definition) is 1. The van der Waals surface area contributed by atoms with Crippen LogP contribution < -0.4 is 9.47 Å². The number of rotatable bonds is 7. The molecule has 1 N–H and O–H groups in total. The van der Waals surface area contributed by atoms with Gasteiger partial charge in [-0.05, 0) is 47.5 Å². The van der Waals surface area contributed by atoms with E-state index in [9.17, 15) is 9.90 Å². The van der Waals surface area contributed by atoms with Crippen molar-refractivity contribution in [2.24, 2.45) is 0 Å². The number of pyridine rings is 1. The van der Waals surface area contributed by atoms with Crippen molar-refractivity contribution in [3.63, 3.8) is 0 Å². The first-order valence-electron chi connectivity index (χ1n) is 12.0. The van der Waals surface area contributed by atoms with Crippen LogP contribution in [0.5, 0.6) is 11.5 Å². The third-order valence-corrected chi connectivity index (χ3v) is 6.50. The number of aromatic nitrogens is 1. The van der Waals surface area contributed by atoms with Gasteiger partial charge >= 0.3 is 5.97 Å². The molecule has 0 unspecified atom stereocenters. The van der Waals surface area contributed by atoms with Gasteiger partial charge in [0.25, 0.3) is 0 Å². The number of para-hydroxylation sites is 1. The molecule has 0 spiro atoms. The van der Waals surface area contributed by atoms with Crippen LogP contribution in [-0.2, 0) is 13.2 Å². The van der Waals surface area contributed by atoms with E-state index in [1.807, 2.05) is 72.8 Å². The molecule has 6 nitrogen and oxygen atoms in total. The summed E-state index contributed by atoms with van der Waals surface area (Å²) < 4.78 is 11.6. The fraction of sp³-hybridized carbons (Fsp3) is 0.200. The maximum absolute atomic E-state index is 12.3. The quantitative estimate of drug-likeness (QED) is 0.355. The number of likely N-dealkylation sites (N-methyl/N-ethyl adjacent to an activating group) is 1. The average Bonchev–Trinajstić information content (AvgIpc) is 2.91. The maximum Gasteiger partial charge on any atom is 0.336 e. The normalized spacial score (nSPS) is 14.6. The average molecular weight is 481 g/mol. The second-order valence-electron chi connectivity index (χ2n) is 8.79. The molecule has 1 aromatic heterocycles. The molecule has 5 rings (SSSR count). The zero-order valence-electron chi connectivity index (χ0n) is 20.4. The monoisotopic (exact) mass is 480 g/mol. The first-order chi connectivity index (χ1) is 17.6. The zero-order chi connectivity index (χ0) is 25.1. The van der Waals surface area contributed by atoms with Gasteiger partial charge in [-0.2, -0.15) is 0 Å². The molecular formula is C30H28N2O4. The molecule has 1 aliphatic rings. The van der Waals surface area contributed by atoms with Crippen molar-refractivity contribution in [3.8, 4) is 11.5 Å². The van der Waals surface area contributed by atoms with Crippen molar-refractivity contribution in [2.75, 3.05) is 20.2 Å². The van der Waals surface area contributed by atoms with Crippen LogP contribution in [0.4, 0.5) is 0 Å². The van der Waals surface area contributed by atoms with Crippen LogP contribution in [0.1, 0.15) is 39.7 Å². The summed E-state index contributed by atoms with van der Waals surface area (Å²) >= 11 is 0. The molecule has 0 saturated heterocycles. The van der Waals surface area contributed by atoms with Crippen LogP contribution in [0.25, 0.3) is 22.6 Å². The number of hydrogen-bond acceptors (Lipinski definition) is 5. The summed E-state index contributed by atoms with van der Waals surface area (Å²) in [5, 5.41) is 10.8. The maximum atomic E-state index is 12.3. The van der Waals surface area contributed by atoms with Crippen LogP contribution in [0.3, 0.4) is 0 Å². The van der Waals surface area contributed by atoms with Gasteiger partial charge in [0.2, 0.25) is 0 Å². The number of benzene rings is 3. The minimum absolute atomic E-state index is 0.335. The van der Waals surface area contributed by atoms with Gasteiger partial charge in [0, 0.05) is 24.0 Å².